The van der Waals surface area contributed by atoms with Gasteiger partial charge in [-0.25, -0.2) is 4.79 Å². The van der Waals surface area contributed by atoms with E-state index in [-0.39, 0.29) is 6.03 Å². The first-order valence-electron chi connectivity index (χ1n) is 7.18. The van der Waals surface area contributed by atoms with E-state index in [1.807, 2.05) is 31.2 Å². The molecule has 0 aromatic heterocycles. The van der Waals surface area contributed by atoms with Gasteiger partial charge in [0.2, 0.25) is 0 Å². The van der Waals surface area contributed by atoms with E-state index in [4.69, 9.17) is 27.9 Å². The minimum Gasteiger partial charge on any atom is -0.494 e. The van der Waals surface area contributed by atoms with Gasteiger partial charge in [-0.1, -0.05) is 35.3 Å². The lowest BCUT2D eigenvalue weighted by molar-refractivity contribution is 0.220. The highest BCUT2D eigenvalue weighted by molar-refractivity contribution is 6.42. The first-order valence-corrected chi connectivity index (χ1v) is 7.94. The van der Waals surface area contributed by atoms with E-state index in [1.165, 1.54) is 0 Å². The fraction of sp³-hybridized carbons (Fsp3) is 0.235. The zero-order valence-corrected chi connectivity index (χ0v) is 14.5. The maximum Gasteiger partial charge on any atom is 0.321 e. The van der Waals surface area contributed by atoms with Crippen LogP contribution in [0.1, 0.15) is 12.5 Å². The van der Waals surface area contributed by atoms with Gasteiger partial charge in [0.25, 0.3) is 0 Å². The largest absolute Gasteiger partial charge is 0.494 e. The third-order valence-corrected chi connectivity index (χ3v) is 3.91. The van der Waals surface area contributed by atoms with E-state index in [0.717, 1.165) is 11.3 Å². The number of halogens is 2. The van der Waals surface area contributed by atoms with E-state index in [0.29, 0.717) is 28.9 Å². The summed E-state index contributed by atoms with van der Waals surface area (Å²) in [5.74, 6) is 0.819. The van der Waals surface area contributed by atoms with E-state index < -0.39 is 0 Å². The Bertz CT molecular complexity index is 675. The summed E-state index contributed by atoms with van der Waals surface area (Å²) in [6.45, 7) is 3.06. The number of benzene rings is 2. The van der Waals surface area contributed by atoms with Crippen LogP contribution < -0.4 is 10.1 Å². The Balaban J connectivity index is 1.95. The summed E-state index contributed by atoms with van der Waals surface area (Å²) in [5, 5.41) is 3.63. The van der Waals surface area contributed by atoms with Crippen molar-refractivity contribution in [1.29, 1.82) is 0 Å². The molecular weight excluding hydrogens is 335 g/mol. The third kappa shape index (κ3) is 5.05. The highest BCUT2D eigenvalue weighted by Crippen LogP contribution is 2.25. The molecule has 122 valence electrons. The number of hydrogen-bond donors (Lipinski definition) is 1. The molecule has 0 saturated heterocycles. The molecule has 0 aliphatic carbocycles. The number of amides is 2. The smallest absolute Gasteiger partial charge is 0.321 e. The Morgan fingerprint density at radius 1 is 1.13 bits per heavy atom. The summed E-state index contributed by atoms with van der Waals surface area (Å²) < 4.78 is 5.40. The molecular formula is C17H18Cl2N2O2. The molecule has 0 saturated carbocycles. The second kappa shape index (κ2) is 8.09. The number of carbonyl (C=O) groups is 1. The number of nitrogens with one attached hydrogen (secondary N) is 1. The predicted octanol–water partition coefficient (Wildman–Crippen LogP) is 5.06. The van der Waals surface area contributed by atoms with Crippen LogP contribution in [0.3, 0.4) is 0 Å². The summed E-state index contributed by atoms with van der Waals surface area (Å²) in [4.78, 5) is 13.8. The molecule has 2 aromatic carbocycles. The highest BCUT2D eigenvalue weighted by atomic mass is 35.5. The Kier molecular flexibility index (Phi) is 6.13. The van der Waals surface area contributed by atoms with Crippen molar-refractivity contribution in [1.82, 2.24) is 4.90 Å². The molecule has 4 nitrogen and oxygen atoms in total. The molecule has 1 N–H and O–H groups in total. The molecule has 0 unspecified atom stereocenters. The number of carbonyl (C=O) groups excluding carboxylic acids is 1. The molecule has 0 aliphatic heterocycles. The molecule has 0 bridgehead atoms. The molecule has 0 radical (unpaired) electrons. The Hall–Kier alpha value is -1.91. The number of urea groups is 1. The number of hydrogen-bond acceptors (Lipinski definition) is 2. The van der Waals surface area contributed by atoms with Crippen molar-refractivity contribution in [3.8, 4) is 5.75 Å². The zero-order valence-electron chi connectivity index (χ0n) is 13.0. The van der Waals surface area contributed by atoms with Crippen molar-refractivity contribution < 1.29 is 9.53 Å². The lowest BCUT2D eigenvalue weighted by Gasteiger charge is -2.18. The SMILES string of the molecule is CCOc1ccc(CN(C)C(=O)Nc2ccc(Cl)c(Cl)c2)cc1. The van der Waals surface area contributed by atoms with Gasteiger partial charge in [0.05, 0.1) is 16.7 Å². The summed E-state index contributed by atoms with van der Waals surface area (Å²) in [6.07, 6.45) is 0. The van der Waals surface area contributed by atoms with Crippen LogP contribution in [0.25, 0.3) is 0 Å². The first-order chi connectivity index (χ1) is 11.0. The molecule has 0 atom stereocenters. The van der Waals surface area contributed by atoms with Gasteiger partial charge in [-0.3, -0.25) is 0 Å². The summed E-state index contributed by atoms with van der Waals surface area (Å²) in [6, 6.07) is 12.4. The van der Waals surface area contributed by atoms with Gasteiger partial charge < -0.3 is 15.0 Å². The number of ether oxygens (including phenoxy) is 1. The molecule has 23 heavy (non-hydrogen) atoms. The van der Waals surface area contributed by atoms with E-state index in [9.17, 15) is 4.79 Å². The van der Waals surface area contributed by atoms with Crippen LogP contribution in [0, 0.1) is 0 Å². The Morgan fingerprint density at radius 2 is 1.83 bits per heavy atom. The van der Waals surface area contributed by atoms with Gasteiger partial charge in [0.1, 0.15) is 5.75 Å². The number of anilines is 1. The fourth-order valence-corrected chi connectivity index (χ4v) is 2.29. The standard InChI is InChI=1S/C17H18Cl2N2O2/c1-3-23-14-7-4-12(5-8-14)11-21(2)17(22)20-13-6-9-15(18)16(19)10-13/h4-10H,3,11H2,1-2H3,(H,20,22). The maximum atomic E-state index is 12.2. The van der Waals surface area contributed by atoms with E-state index in [2.05, 4.69) is 5.32 Å². The van der Waals surface area contributed by atoms with Crippen molar-refractivity contribution in [2.24, 2.45) is 0 Å². The average molecular weight is 353 g/mol. The van der Waals surface area contributed by atoms with E-state index >= 15 is 0 Å². The zero-order chi connectivity index (χ0) is 16.8. The van der Waals surface area contributed by atoms with Crippen molar-refractivity contribution >= 4 is 34.9 Å². The van der Waals surface area contributed by atoms with Gasteiger partial charge in [-0.15, -0.1) is 0 Å². The van der Waals surface area contributed by atoms with Crippen molar-refractivity contribution in [3.63, 3.8) is 0 Å². The predicted molar refractivity (Wildman–Crippen MR) is 94.6 cm³/mol. The summed E-state index contributed by atoms with van der Waals surface area (Å²) in [5.41, 5.74) is 1.61. The second-order valence-corrected chi connectivity index (χ2v) is 5.81. The lowest BCUT2D eigenvalue weighted by Crippen LogP contribution is -2.30. The third-order valence-electron chi connectivity index (χ3n) is 3.17. The topological polar surface area (TPSA) is 41.6 Å². The van der Waals surface area contributed by atoms with Crippen LogP contribution in [-0.2, 0) is 6.54 Å². The molecule has 0 spiro atoms. The molecule has 2 amide bonds. The van der Waals surface area contributed by atoms with Crippen LogP contribution >= 0.6 is 23.2 Å². The van der Waals surface area contributed by atoms with Gasteiger partial charge >= 0.3 is 6.03 Å². The van der Waals surface area contributed by atoms with Crippen LogP contribution in [0.4, 0.5) is 10.5 Å². The van der Waals surface area contributed by atoms with Crippen LogP contribution in [0.2, 0.25) is 10.0 Å². The second-order valence-electron chi connectivity index (χ2n) is 4.99. The van der Waals surface area contributed by atoms with Crippen LogP contribution in [-0.4, -0.2) is 24.6 Å². The average Bonchev–Trinajstić information content (AvgIpc) is 2.53. The summed E-state index contributed by atoms with van der Waals surface area (Å²) >= 11 is 11.8. The maximum absolute atomic E-state index is 12.2. The van der Waals surface area contributed by atoms with Crippen molar-refractivity contribution in [2.45, 2.75) is 13.5 Å². The monoisotopic (exact) mass is 352 g/mol. The van der Waals surface area contributed by atoms with Crippen molar-refractivity contribution in [3.05, 3.63) is 58.1 Å². The van der Waals surface area contributed by atoms with Gasteiger partial charge in [-0.05, 0) is 42.8 Å². The number of rotatable bonds is 5. The van der Waals surface area contributed by atoms with E-state index in [1.54, 1.807) is 30.1 Å². The van der Waals surface area contributed by atoms with Crippen molar-refractivity contribution in [2.75, 3.05) is 19.0 Å². The quantitative estimate of drug-likeness (QED) is 0.817. The molecule has 2 rings (SSSR count). The molecule has 2 aromatic rings. The van der Waals surface area contributed by atoms with Gasteiger partial charge in [-0.2, -0.15) is 0 Å². The van der Waals surface area contributed by atoms with Crippen LogP contribution in [0.5, 0.6) is 5.75 Å². The summed E-state index contributed by atoms with van der Waals surface area (Å²) in [7, 11) is 1.73. The Labute approximate surface area is 146 Å². The van der Waals surface area contributed by atoms with Gasteiger partial charge in [0, 0.05) is 19.3 Å². The van der Waals surface area contributed by atoms with Gasteiger partial charge in [0.15, 0.2) is 0 Å². The minimum atomic E-state index is -0.225. The number of nitrogens with zero attached hydrogens (tertiary/aromatic N) is 1. The highest BCUT2D eigenvalue weighted by Gasteiger charge is 2.10. The molecule has 0 heterocycles. The molecule has 6 heteroatoms. The minimum absolute atomic E-state index is 0.225. The molecule has 0 aliphatic rings. The normalized spacial score (nSPS) is 10.3. The molecule has 0 fully saturated rings. The lowest BCUT2D eigenvalue weighted by atomic mass is 10.2. The van der Waals surface area contributed by atoms with Crippen LogP contribution in [0.15, 0.2) is 42.5 Å². The fourth-order valence-electron chi connectivity index (χ4n) is 2.00. The first kappa shape index (κ1) is 17.4. The Morgan fingerprint density at radius 3 is 2.43 bits per heavy atom.